The summed E-state index contributed by atoms with van der Waals surface area (Å²) in [7, 11) is 0. The Morgan fingerprint density at radius 3 is 2.33 bits per heavy atom. The molecule has 2 N–H and O–H groups in total. The number of hydrogen-bond acceptors (Lipinski definition) is 2. The number of aromatic nitrogens is 2. The van der Waals surface area contributed by atoms with Crippen molar-refractivity contribution in [2.24, 2.45) is 0 Å². The normalized spacial score (nSPS) is 10.7. The van der Waals surface area contributed by atoms with Crippen molar-refractivity contribution in [3.8, 4) is 0 Å². The van der Waals surface area contributed by atoms with E-state index in [2.05, 4.69) is 15.7 Å². The highest BCUT2D eigenvalue weighted by Gasteiger charge is 2.15. The van der Waals surface area contributed by atoms with E-state index in [0.29, 0.717) is 27.4 Å². The topological polar surface area (TPSA) is 41.9 Å². The molecule has 0 atom stereocenters. The van der Waals surface area contributed by atoms with E-state index >= 15 is 0 Å². The molecule has 0 amide bonds. The lowest BCUT2D eigenvalue weighted by atomic mass is 10.2. The van der Waals surface area contributed by atoms with Crippen LogP contribution in [0.3, 0.4) is 0 Å². The molecule has 0 radical (unpaired) electrons. The van der Waals surface area contributed by atoms with E-state index < -0.39 is 0 Å². The Bertz CT molecular complexity index is 966. The Labute approximate surface area is 172 Å². The van der Waals surface area contributed by atoms with Crippen LogP contribution >= 0.6 is 35.4 Å². The maximum Gasteiger partial charge on any atom is 0.175 e. The summed E-state index contributed by atoms with van der Waals surface area (Å²) in [4.78, 5) is 0. The predicted octanol–water partition coefficient (Wildman–Crippen LogP) is 5.80. The van der Waals surface area contributed by atoms with Crippen LogP contribution in [0.5, 0.6) is 0 Å². The van der Waals surface area contributed by atoms with Gasteiger partial charge in [0.05, 0.1) is 23.6 Å². The van der Waals surface area contributed by atoms with E-state index in [1.54, 1.807) is 24.3 Å². The minimum Gasteiger partial charge on any atom is -0.332 e. The molecule has 8 heteroatoms. The Hall–Kier alpha value is -2.15. The molecule has 0 bridgehead atoms. The van der Waals surface area contributed by atoms with Crippen LogP contribution in [0.15, 0.2) is 42.5 Å². The van der Waals surface area contributed by atoms with Gasteiger partial charge in [-0.15, -0.1) is 0 Å². The van der Waals surface area contributed by atoms with Gasteiger partial charge in [-0.2, -0.15) is 5.10 Å². The number of halogens is 3. The van der Waals surface area contributed by atoms with Crippen LogP contribution in [0.1, 0.15) is 17.0 Å². The van der Waals surface area contributed by atoms with E-state index in [4.69, 9.17) is 35.4 Å². The van der Waals surface area contributed by atoms with Gasteiger partial charge in [-0.1, -0.05) is 29.3 Å². The average molecular weight is 423 g/mol. The van der Waals surface area contributed by atoms with Crippen molar-refractivity contribution in [2.45, 2.75) is 20.4 Å². The van der Waals surface area contributed by atoms with E-state index in [0.717, 1.165) is 22.6 Å². The SMILES string of the molecule is Cc1nn(Cc2c(Cl)cccc2Cl)c(C)c1NC(=S)Nc1ccc(F)cc1. The molecule has 0 spiro atoms. The first-order chi connectivity index (χ1) is 12.8. The summed E-state index contributed by atoms with van der Waals surface area (Å²) in [6.07, 6.45) is 0. The zero-order valence-electron chi connectivity index (χ0n) is 14.7. The maximum atomic E-state index is 13.0. The number of rotatable bonds is 4. The highest BCUT2D eigenvalue weighted by atomic mass is 35.5. The largest absolute Gasteiger partial charge is 0.332 e. The molecule has 0 aliphatic heterocycles. The van der Waals surface area contributed by atoms with Crippen LogP contribution in [0.25, 0.3) is 0 Å². The molecule has 0 unspecified atom stereocenters. The van der Waals surface area contributed by atoms with E-state index in [-0.39, 0.29) is 5.82 Å². The van der Waals surface area contributed by atoms with Crippen LogP contribution in [0.4, 0.5) is 15.8 Å². The molecular formula is C19H17Cl2FN4S. The third-order valence-electron chi connectivity index (χ3n) is 4.09. The van der Waals surface area contributed by atoms with Crippen LogP contribution < -0.4 is 10.6 Å². The lowest BCUT2D eigenvalue weighted by molar-refractivity contribution is 0.628. The molecule has 0 fully saturated rings. The predicted molar refractivity (Wildman–Crippen MR) is 114 cm³/mol. The van der Waals surface area contributed by atoms with E-state index in [1.807, 2.05) is 24.6 Å². The number of aryl methyl sites for hydroxylation is 1. The summed E-state index contributed by atoms with van der Waals surface area (Å²) >= 11 is 17.9. The standard InChI is InChI=1S/C19H17Cl2FN4S/c1-11-18(24-19(27)23-14-8-6-13(22)7-9-14)12(2)26(25-11)10-15-16(20)4-3-5-17(15)21/h3-9H,10H2,1-2H3,(H2,23,24,27). The average Bonchev–Trinajstić information content (AvgIpc) is 2.88. The summed E-state index contributed by atoms with van der Waals surface area (Å²) in [5.41, 5.74) is 3.99. The van der Waals surface area contributed by atoms with Gasteiger partial charge in [0.1, 0.15) is 5.82 Å². The van der Waals surface area contributed by atoms with Crippen LogP contribution in [-0.2, 0) is 6.54 Å². The quantitative estimate of drug-likeness (QED) is 0.521. The number of thiocarbonyl (C=S) groups is 1. The first-order valence-electron chi connectivity index (χ1n) is 8.15. The third-order valence-corrected chi connectivity index (χ3v) is 5.00. The van der Waals surface area contributed by atoms with Crippen LogP contribution in [0.2, 0.25) is 10.0 Å². The number of anilines is 2. The maximum absolute atomic E-state index is 13.0. The fraction of sp³-hybridized carbons (Fsp3) is 0.158. The van der Waals surface area contributed by atoms with Crippen molar-refractivity contribution >= 4 is 51.9 Å². The minimum absolute atomic E-state index is 0.300. The van der Waals surface area contributed by atoms with Gasteiger partial charge in [-0.3, -0.25) is 4.68 Å². The highest BCUT2D eigenvalue weighted by molar-refractivity contribution is 7.80. The van der Waals surface area contributed by atoms with E-state index in [1.165, 1.54) is 12.1 Å². The number of hydrogen-bond donors (Lipinski definition) is 2. The second-order valence-corrected chi connectivity index (χ2v) is 7.21. The molecule has 4 nitrogen and oxygen atoms in total. The van der Waals surface area contributed by atoms with Gasteiger partial charge in [-0.25, -0.2) is 4.39 Å². The molecule has 27 heavy (non-hydrogen) atoms. The minimum atomic E-state index is -0.300. The Morgan fingerprint density at radius 2 is 1.70 bits per heavy atom. The van der Waals surface area contributed by atoms with Gasteiger partial charge in [0.25, 0.3) is 0 Å². The van der Waals surface area contributed by atoms with Crippen molar-refractivity contribution in [1.82, 2.24) is 9.78 Å². The first-order valence-corrected chi connectivity index (χ1v) is 9.32. The van der Waals surface area contributed by atoms with Crippen molar-refractivity contribution in [3.05, 3.63) is 75.3 Å². The molecule has 1 aromatic heterocycles. The summed E-state index contributed by atoms with van der Waals surface area (Å²) < 4.78 is 14.8. The van der Waals surface area contributed by atoms with Crippen LogP contribution in [0, 0.1) is 19.7 Å². The Balaban J connectivity index is 1.77. The van der Waals surface area contributed by atoms with E-state index in [9.17, 15) is 4.39 Å². The van der Waals surface area contributed by atoms with Gasteiger partial charge in [0.15, 0.2) is 5.11 Å². The molecule has 0 saturated heterocycles. The molecule has 0 aliphatic carbocycles. The second kappa shape index (κ2) is 8.25. The molecule has 3 aromatic rings. The zero-order chi connectivity index (χ0) is 19.6. The Kier molecular flexibility index (Phi) is 5.99. The van der Waals surface area contributed by atoms with Gasteiger partial charge >= 0.3 is 0 Å². The molecule has 140 valence electrons. The van der Waals surface area contributed by atoms with Crippen molar-refractivity contribution in [2.75, 3.05) is 10.6 Å². The molecule has 2 aromatic carbocycles. The van der Waals surface area contributed by atoms with Crippen molar-refractivity contribution in [1.29, 1.82) is 0 Å². The second-order valence-electron chi connectivity index (χ2n) is 5.99. The third kappa shape index (κ3) is 4.58. The van der Waals surface area contributed by atoms with Gasteiger partial charge in [0, 0.05) is 21.3 Å². The molecule has 3 rings (SSSR count). The first kappa shape index (κ1) is 19.6. The molecule has 0 aliphatic rings. The molecule has 0 saturated carbocycles. The summed E-state index contributed by atoms with van der Waals surface area (Å²) in [6.45, 7) is 4.28. The number of nitrogens with zero attached hydrogens (tertiary/aromatic N) is 2. The lowest BCUT2D eigenvalue weighted by Crippen LogP contribution is -2.20. The summed E-state index contributed by atoms with van der Waals surface area (Å²) in [5.74, 6) is -0.300. The smallest absolute Gasteiger partial charge is 0.175 e. The van der Waals surface area contributed by atoms with Crippen molar-refractivity contribution < 1.29 is 4.39 Å². The zero-order valence-corrected chi connectivity index (χ0v) is 17.0. The summed E-state index contributed by atoms with van der Waals surface area (Å²) in [5, 5.41) is 12.3. The fourth-order valence-corrected chi connectivity index (χ4v) is 3.41. The monoisotopic (exact) mass is 422 g/mol. The van der Waals surface area contributed by atoms with Crippen molar-refractivity contribution in [3.63, 3.8) is 0 Å². The number of benzene rings is 2. The van der Waals surface area contributed by atoms with Crippen LogP contribution in [-0.4, -0.2) is 14.9 Å². The summed E-state index contributed by atoms with van der Waals surface area (Å²) in [6, 6.07) is 11.4. The molecular weight excluding hydrogens is 406 g/mol. The van der Waals surface area contributed by atoms with Gasteiger partial charge < -0.3 is 10.6 Å². The highest BCUT2D eigenvalue weighted by Crippen LogP contribution is 2.27. The lowest BCUT2D eigenvalue weighted by Gasteiger charge is -2.12. The Morgan fingerprint density at radius 1 is 1.07 bits per heavy atom. The van der Waals surface area contributed by atoms with Gasteiger partial charge in [-0.05, 0) is 62.5 Å². The van der Waals surface area contributed by atoms with Gasteiger partial charge in [0.2, 0.25) is 0 Å². The molecule has 1 heterocycles. The number of nitrogens with one attached hydrogen (secondary N) is 2. The fourth-order valence-electron chi connectivity index (χ4n) is 2.67.